The predicted molar refractivity (Wildman–Crippen MR) is 97.2 cm³/mol. The first-order valence-corrected chi connectivity index (χ1v) is 8.24. The summed E-state index contributed by atoms with van der Waals surface area (Å²) in [6.07, 6.45) is 0.372. The van der Waals surface area contributed by atoms with Gasteiger partial charge >= 0.3 is 5.97 Å². The van der Waals surface area contributed by atoms with Gasteiger partial charge in [-0.15, -0.1) is 0 Å². The van der Waals surface area contributed by atoms with Crippen molar-refractivity contribution in [3.05, 3.63) is 53.6 Å². The van der Waals surface area contributed by atoms with E-state index in [1.54, 1.807) is 0 Å². The molecule has 1 aliphatic rings. The maximum atomic E-state index is 11.0. The van der Waals surface area contributed by atoms with Gasteiger partial charge in [-0.3, -0.25) is 10.2 Å². The van der Waals surface area contributed by atoms with E-state index >= 15 is 0 Å². The molecule has 0 bridgehead atoms. The van der Waals surface area contributed by atoms with E-state index in [-0.39, 0.29) is 23.8 Å². The first kappa shape index (κ1) is 17.0. The van der Waals surface area contributed by atoms with Crippen molar-refractivity contribution >= 4 is 11.8 Å². The molecule has 0 aromatic heterocycles. The molecule has 0 spiro atoms. The second-order valence-electron chi connectivity index (χ2n) is 7.13. The molecule has 1 atom stereocenters. The molecule has 2 aromatic rings. The molecule has 4 N–H and O–H groups in total. The van der Waals surface area contributed by atoms with Gasteiger partial charge < -0.3 is 15.6 Å². The number of amidine groups is 1. The van der Waals surface area contributed by atoms with Crippen LogP contribution in [0.2, 0.25) is 0 Å². The van der Waals surface area contributed by atoms with E-state index in [1.165, 1.54) is 0 Å². The molecule has 130 valence electrons. The molecule has 0 amide bonds. The fourth-order valence-corrected chi connectivity index (χ4v) is 3.39. The number of ether oxygens (including phenoxy) is 1. The SMILES string of the molecule is CC1(C)CC(CC(=O)O)Oc2ccc(-c3ccc(C(=N)N)cc3)cc21. The number of nitrogens with two attached hydrogens (primary N) is 1. The molecule has 5 nitrogen and oxygen atoms in total. The summed E-state index contributed by atoms with van der Waals surface area (Å²) in [6, 6.07) is 13.6. The predicted octanol–water partition coefficient (Wildman–Crippen LogP) is 3.54. The molecule has 0 fully saturated rings. The first-order chi connectivity index (χ1) is 11.8. The van der Waals surface area contributed by atoms with Crippen molar-refractivity contribution in [1.29, 1.82) is 5.41 Å². The van der Waals surface area contributed by atoms with Gasteiger partial charge in [0, 0.05) is 11.1 Å². The van der Waals surface area contributed by atoms with Gasteiger partial charge in [0.2, 0.25) is 0 Å². The van der Waals surface area contributed by atoms with E-state index in [4.69, 9.17) is 21.0 Å². The van der Waals surface area contributed by atoms with E-state index < -0.39 is 5.97 Å². The van der Waals surface area contributed by atoms with E-state index in [2.05, 4.69) is 19.9 Å². The lowest BCUT2D eigenvalue weighted by molar-refractivity contribution is -0.139. The summed E-state index contributed by atoms with van der Waals surface area (Å²) in [4.78, 5) is 11.0. The van der Waals surface area contributed by atoms with Gasteiger partial charge in [0.15, 0.2) is 0 Å². The third-order valence-electron chi connectivity index (χ3n) is 4.67. The second kappa shape index (κ2) is 6.24. The summed E-state index contributed by atoms with van der Waals surface area (Å²) in [6.45, 7) is 4.23. The molecule has 1 aliphatic heterocycles. The largest absolute Gasteiger partial charge is 0.489 e. The number of nitrogens with one attached hydrogen (secondary N) is 1. The Morgan fingerprint density at radius 3 is 2.48 bits per heavy atom. The van der Waals surface area contributed by atoms with E-state index in [0.717, 1.165) is 22.4 Å². The molecule has 5 heteroatoms. The average molecular weight is 338 g/mol. The number of rotatable bonds is 4. The number of carbonyl (C=O) groups is 1. The third kappa shape index (κ3) is 3.50. The fraction of sp³-hybridized carbons (Fsp3) is 0.300. The van der Waals surface area contributed by atoms with Crippen molar-refractivity contribution in [2.75, 3.05) is 0 Å². The summed E-state index contributed by atoms with van der Waals surface area (Å²) in [5.41, 5.74) is 9.22. The Kier molecular flexibility index (Phi) is 4.25. The zero-order valence-electron chi connectivity index (χ0n) is 14.4. The minimum Gasteiger partial charge on any atom is -0.489 e. The molecule has 0 saturated heterocycles. The third-order valence-corrected chi connectivity index (χ3v) is 4.67. The van der Waals surface area contributed by atoms with Crippen LogP contribution in [0.25, 0.3) is 11.1 Å². The van der Waals surface area contributed by atoms with Crippen LogP contribution in [0.1, 0.15) is 37.8 Å². The molecule has 25 heavy (non-hydrogen) atoms. The first-order valence-electron chi connectivity index (χ1n) is 8.24. The normalized spacial score (nSPS) is 18.1. The van der Waals surface area contributed by atoms with Crippen molar-refractivity contribution in [3.8, 4) is 16.9 Å². The monoisotopic (exact) mass is 338 g/mol. The molecular formula is C20H22N2O3. The van der Waals surface area contributed by atoms with Crippen LogP contribution in [0.3, 0.4) is 0 Å². The highest BCUT2D eigenvalue weighted by Crippen LogP contribution is 2.43. The number of nitrogen functional groups attached to an aromatic ring is 1. The minimum atomic E-state index is -0.841. The average Bonchev–Trinajstić information content (AvgIpc) is 2.53. The van der Waals surface area contributed by atoms with Crippen molar-refractivity contribution in [3.63, 3.8) is 0 Å². The Bertz CT molecular complexity index is 825. The summed E-state index contributed by atoms with van der Waals surface area (Å²) in [7, 11) is 0. The topological polar surface area (TPSA) is 96.4 Å². The van der Waals surface area contributed by atoms with Gasteiger partial charge in [0.1, 0.15) is 17.7 Å². The van der Waals surface area contributed by atoms with E-state index in [9.17, 15) is 4.79 Å². The smallest absolute Gasteiger partial charge is 0.307 e. The lowest BCUT2D eigenvalue weighted by atomic mass is 9.76. The Hall–Kier alpha value is -2.82. The van der Waals surface area contributed by atoms with Crippen LogP contribution in [0.5, 0.6) is 5.75 Å². The lowest BCUT2D eigenvalue weighted by Gasteiger charge is -2.37. The van der Waals surface area contributed by atoms with Crippen molar-refractivity contribution < 1.29 is 14.6 Å². The zero-order chi connectivity index (χ0) is 18.2. The van der Waals surface area contributed by atoms with Crippen molar-refractivity contribution in [1.82, 2.24) is 0 Å². The second-order valence-corrected chi connectivity index (χ2v) is 7.13. The molecule has 1 unspecified atom stereocenters. The maximum absolute atomic E-state index is 11.0. The summed E-state index contributed by atoms with van der Waals surface area (Å²) in [5, 5.41) is 16.5. The van der Waals surface area contributed by atoms with Gasteiger partial charge in [0.25, 0.3) is 0 Å². The maximum Gasteiger partial charge on any atom is 0.307 e. The van der Waals surface area contributed by atoms with Gasteiger partial charge in [-0.1, -0.05) is 44.2 Å². The Morgan fingerprint density at radius 2 is 1.88 bits per heavy atom. The molecule has 2 aromatic carbocycles. The standard InChI is InChI=1S/C20H22N2O3/c1-20(2)11-15(10-18(23)24)25-17-8-7-14(9-16(17)20)12-3-5-13(6-4-12)19(21)22/h3-9,15H,10-11H2,1-2H3,(H3,21,22)(H,23,24). The lowest BCUT2D eigenvalue weighted by Crippen LogP contribution is -2.35. The summed E-state index contributed by atoms with van der Waals surface area (Å²) < 4.78 is 5.89. The molecule has 0 saturated carbocycles. The Balaban J connectivity index is 1.94. The van der Waals surface area contributed by atoms with Crippen LogP contribution in [0, 0.1) is 5.41 Å². The summed E-state index contributed by atoms with van der Waals surface area (Å²) in [5.74, 6) is -0.0333. The van der Waals surface area contributed by atoms with Crippen LogP contribution >= 0.6 is 0 Å². The van der Waals surface area contributed by atoms with Gasteiger partial charge in [-0.25, -0.2) is 0 Å². The minimum absolute atomic E-state index is 0.0110. The van der Waals surface area contributed by atoms with E-state index in [0.29, 0.717) is 12.0 Å². The highest BCUT2D eigenvalue weighted by Gasteiger charge is 2.35. The number of aliphatic carboxylic acids is 1. The van der Waals surface area contributed by atoms with Gasteiger partial charge in [0.05, 0.1) is 6.42 Å². The van der Waals surface area contributed by atoms with Crippen molar-refractivity contribution in [2.45, 2.75) is 38.2 Å². The van der Waals surface area contributed by atoms with Crippen LogP contribution in [-0.4, -0.2) is 23.0 Å². The van der Waals surface area contributed by atoms with E-state index in [1.807, 2.05) is 36.4 Å². The number of benzene rings is 2. The molecule has 0 aliphatic carbocycles. The zero-order valence-corrected chi connectivity index (χ0v) is 14.4. The van der Waals surface area contributed by atoms with Crippen LogP contribution in [0.15, 0.2) is 42.5 Å². The van der Waals surface area contributed by atoms with Crippen LogP contribution < -0.4 is 10.5 Å². The number of carboxylic acids is 1. The van der Waals surface area contributed by atoms with Gasteiger partial charge in [-0.05, 0) is 35.1 Å². The van der Waals surface area contributed by atoms with Gasteiger partial charge in [-0.2, -0.15) is 0 Å². The fourth-order valence-electron chi connectivity index (χ4n) is 3.39. The molecule has 1 heterocycles. The highest BCUT2D eigenvalue weighted by atomic mass is 16.5. The highest BCUT2D eigenvalue weighted by molar-refractivity contribution is 5.95. The summed E-state index contributed by atoms with van der Waals surface area (Å²) >= 11 is 0. The quantitative estimate of drug-likeness (QED) is 0.587. The Morgan fingerprint density at radius 1 is 1.24 bits per heavy atom. The van der Waals surface area contributed by atoms with Crippen molar-refractivity contribution in [2.24, 2.45) is 5.73 Å². The number of carboxylic acid groups (broad SMARTS) is 1. The Labute approximate surface area is 146 Å². The molecular weight excluding hydrogens is 316 g/mol. The molecule has 0 radical (unpaired) electrons. The number of hydrogen-bond acceptors (Lipinski definition) is 3. The number of hydrogen-bond donors (Lipinski definition) is 3. The van der Waals surface area contributed by atoms with Crippen LogP contribution in [-0.2, 0) is 10.2 Å². The number of fused-ring (bicyclic) bond motifs is 1. The molecule has 3 rings (SSSR count). The van der Waals surface area contributed by atoms with Crippen LogP contribution in [0.4, 0.5) is 0 Å².